The second-order valence-electron chi connectivity index (χ2n) is 5.72. The standard InChI is InChI=1S/C15H28S/c1-2-16-15(13-9-5-3-6-10-13)14-11-7-4-8-12-14/h13-15H,2-12H2,1H3. The van der Waals surface area contributed by atoms with Crippen molar-refractivity contribution in [3.63, 3.8) is 0 Å². The van der Waals surface area contributed by atoms with Crippen molar-refractivity contribution in [3.8, 4) is 0 Å². The number of hydrogen-bond donors (Lipinski definition) is 0. The second-order valence-corrected chi connectivity index (χ2v) is 7.17. The average Bonchev–Trinajstić information content (AvgIpc) is 2.38. The molecule has 0 unspecified atom stereocenters. The molecule has 0 N–H and O–H groups in total. The van der Waals surface area contributed by atoms with Crippen LogP contribution < -0.4 is 0 Å². The molecule has 16 heavy (non-hydrogen) atoms. The average molecular weight is 240 g/mol. The van der Waals surface area contributed by atoms with E-state index in [-0.39, 0.29) is 0 Å². The summed E-state index contributed by atoms with van der Waals surface area (Å²) in [5, 5.41) is 1.02. The molecule has 2 saturated carbocycles. The third kappa shape index (κ3) is 3.42. The lowest BCUT2D eigenvalue weighted by atomic mass is 9.77. The van der Waals surface area contributed by atoms with Gasteiger partial charge in [-0.3, -0.25) is 0 Å². The maximum absolute atomic E-state index is 2.35. The van der Waals surface area contributed by atoms with Crippen molar-refractivity contribution in [2.75, 3.05) is 5.75 Å². The van der Waals surface area contributed by atoms with Gasteiger partial charge in [0.2, 0.25) is 0 Å². The molecule has 0 aromatic rings. The highest BCUT2D eigenvalue weighted by Gasteiger charge is 2.31. The van der Waals surface area contributed by atoms with Gasteiger partial charge in [0, 0.05) is 5.25 Å². The summed E-state index contributed by atoms with van der Waals surface area (Å²) in [6, 6.07) is 0. The molecule has 2 fully saturated rings. The predicted molar refractivity (Wildman–Crippen MR) is 75.1 cm³/mol. The van der Waals surface area contributed by atoms with E-state index in [1.165, 1.54) is 70.0 Å². The Labute approximate surface area is 106 Å². The summed E-state index contributed by atoms with van der Waals surface area (Å²) in [5.74, 6) is 3.47. The predicted octanol–water partition coefficient (Wildman–Crippen LogP) is 5.27. The maximum Gasteiger partial charge on any atom is 0.0103 e. The van der Waals surface area contributed by atoms with Crippen LogP contribution in [0.3, 0.4) is 0 Å². The molecule has 2 aliphatic rings. The molecule has 0 aromatic heterocycles. The summed E-state index contributed by atoms with van der Waals surface area (Å²) in [6.07, 6.45) is 15.2. The van der Waals surface area contributed by atoms with E-state index in [1.54, 1.807) is 0 Å². The fraction of sp³-hybridized carbons (Fsp3) is 1.00. The van der Waals surface area contributed by atoms with Crippen molar-refractivity contribution in [2.24, 2.45) is 11.8 Å². The van der Waals surface area contributed by atoms with Gasteiger partial charge in [-0.1, -0.05) is 45.4 Å². The Bertz CT molecular complexity index is 160. The van der Waals surface area contributed by atoms with Gasteiger partial charge < -0.3 is 0 Å². The van der Waals surface area contributed by atoms with E-state index in [4.69, 9.17) is 0 Å². The largest absolute Gasteiger partial charge is 0.158 e. The van der Waals surface area contributed by atoms with Gasteiger partial charge in [0.05, 0.1) is 0 Å². The summed E-state index contributed by atoms with van der Waals surface area (Å²) in [4.78, 5) is 0. The number of hydrogen-bond acceptors (Lipinski definition) is 1. The number of rotatable bonds is 4. The van der Waals surface area contributed by atoms with Crippen LogP contribution in [0, 0.1) is 11.8 Å². The minimum absolute atomic E-state index is 1.02. The lowest BCUT2D eigenvalue weighted by Crippen LogP contribution is -2.30. The fourth-order valence-electron chi connectivity index (χ4n) is 3.77. The van der Waals surface area contributed by atoms with E-state index in [1.807, 2.05) is 0 Å². The summed E-state index contributed by atoms with van der Waals surface area (Å²) >= 11 is 2.29. The Hall–Kier alpha value is 0.350. The molecule has 0 nitrogen and oxygen atoms in total. The van der Waals surface area contributed by atoms with Crippen molar-refractivity contribution in [3.05, 3.63) is 0 Å². The van der Waals surface area contributed by atoms with E-state index < -0.39 is 0 Å². The Morgan fingerprint density at radius 3 is 1.62 bits per heavy atom. The van der Waals surface area contributed by atoms with Gasteiger partial charge in [-0.05, 0) is 43.3 Å². The molecule has 0 heterocycles. The van der Waals surface area contributed by atoms with E-state index >= 15 is 0 Å². The molecule has 2 aliphatic carbocycles. The monoisotopic (exact) mass is 240 g/mol. The minimum Gasteiger partial charge on any atom is -0.158 e. The van der Waals surface area contributed by atoms with Gasteiger partial charge in [0.25, 0.3) is 0 Å². The van der Waals surface area contributed by atoms with Gasteiger partial charge >= 0.3 is 0 Å². The van der Waals surface area contributed by atoms with E-state index in [9.17, 15) is 0 Å². The van der Waals surface area contributed by atoms with Crippen LogP contribution in [0.4, 0.5) is 0 Å². The Morgan fingerprint density at radius 2 is 1.25 bits per heavy atom. The van der Waals surface area contributed by atoms with E-state index in [2.05, 4.69) is 18.7 Å². The second kappa shape index (κ2) is 6.93. The maximum atomic E-state index is 2.35. The Balaban J connectivity index is 1.91. The van der Waals surface area contributed by atoms with Crippen LogP contribution in [-0.2, 0) is 0 Å². The highest BCUT2D eigenvalue weighted by Crippen LogP contribution is 2.41. The van der Waals surface area contributed by atoms with E-state index in [0.717, 1.165) is 17.1 Å². The Kier molecular flexibility index (Phi) is 5.55. The van der Waals surface area contributed by atoms with Gasteiger partial charge in [-0.15, -0.1) is 0 Å². The van der Waals surface area contributed by atoms with Crippen molar-refractivity contribution in [1.29, 1.82) is 0 Å². The lowest BCUT2D eigenvalue weighted by molar-refractivity contribution is 0.255. The molecule has 0 atom stereocenters. The van der Waals surface area contributed by atoms with Gasteiger partial charge in [0.15, 0.2) is 0 Å². The van der Waals surface area contributed by atoms with Crippen LogP contribution in [0.15, 0.2) is 0 Å². The lowest BCUT2D eigenvalue weighted by Gasteiger charge is -2.37. The van der Waals surface area contributed by atoms with Gasteiger partial charge in [-0.2, -0.15) is 11.8 Å². The van der Waals surface area contributed by atoms with Gasteiger partial charge in [0.1, 0.15) is 0 Å². The van der Waals surface area contributed by atoms with Crippen molar-refractivity contribution in [1.82, 2.24) is 0 Å². The van der Waals surface area contributed by atoms with Crippen LogP contribution in [0.25, 0.3) is 0 Å². The zero-order chi connectivity index (χ0) is 11.2. The highest BCUT2D eigenvalue weighted by atomic mass is 32.2. The van der Waals surface area contributed by atoms with Crippen molar-refractivity contribution >= 4 is 11.8 Å². The fourth-order valence-corrected chi connectivity index (χ4v) is 5.25. The number of thioether (sulfide) groups is 1. The van der Waals surface area contributed by atoms with Crippen LogP contribution in [0.2, 0.25) is 0 Å². The third-order valence-corrected chi connectivity index (χ3v) is 6.08. The molecule has 94 valence electrons. The molecule has 0 spiro atoms. The molecule has 0 bridgehead atoms. The van der Waals surface area contributed by atoms with Crippen molar-refractivity contribution in [2.45, 2.75) is 76.4 Å². The molecule has 0 radical (unpaired) electrons. The Morgan fingerprint density at radius 1 is 0.812 bits per heavy atom. The molecule has 2 rings (SSSR count). The first-order valence-electron chi connectivity index (χ1n) is 7.53. The quantitative estimate of drug-likeness (QED) is 0.645. The van der Waals surface area contributed by atoms with Crippen molar-refractivity contribution < 1.29 is 0 Å². The third-order valence-electron chi connectivity index (χ3n) is 4.59. The first kappa shape index (κ1) is 12.8. The zero-order valence-electron chi connectivity index (χ0n) is 10.9. The van der Waals surface area contributed by atoms with Crippen LogP contribution in [-0.4, -0.2) is 11.0 Å². The molecule has 1 heteroatoms. The molecule has 0 amide bonds. The normalized spacial score (nSPS) is 25.1. The molecule has 0 aromatic carbocycles. The van der Waals surface area contributed by atoms with Crippen LogP contribution in [0.5, 0.6) is 0 Å². The minimum atomic E-state index is 1.02. The SMILES string of the molecule is CCSC(C1CCCCC1)C1CCCCC1. The first-order chi connectivity index (χ1) is 7.92. The molecule has 0 saturated heterocycles. The summed E-state index contributed by atoms with van der Waals surface area (Å²) in [5.41, 5.74) is 0. The van der Waals surface area contributed by atoms with E-state index in [0.29, 0.717) is 0 Å². The zero-order valence-corrected chi connectivity index (χ0v) is 11.7. The smallest absolute Gasteiger partial charge is 0.0103 e. The van der Waals surface area contributed by atoms with Crippen LogP contribution in [0.1, 0.15) is 71.1 Å². The summed E-state index contributed by atoms with van der Waals surface area (Å²) < 4.78 is 0. The van der Waals surface area contributed by atoms with Gasteiger partial charge in [-0.25, -0.2) is 0 Å². The van der Waals surface area contributed by atoms with Crippen LogP contribution >= 0.6 is 11.8 Å². The molecular formula is C15H28S. The topological polar surface area (TPSA) is 0 Å². The summed E-state index contributed by atoms with van der Waals surface area (Å²) in [7, 11) is 0. The summed E-state index contributed by atoms with van der Waals surface area (Å²) in [6.45, 7) is 2.35. The first-order valence-corrected chi connectivity index (χ1v) is 8.58. The molecule has 0 aliphatic heterocycles. The highest BCUT2D eigenvalue weighted by molar-refractivity contribution is 7.99. The molecular weight excluding hydrogens is 212 g/mol.